The van der Waals surface area contributed by atoms with Gasteiger partial charge in [0.25, 0.3) is 0 Å². The Hall–Kier alpha value is -0.610. The fourth-order valence-electron chi connectivity index (χ4n) is 1.34. The third kappa shape index (κ3) is 3.19. The molecule has 2 N–H and O–H groups in total. The van der Waals surface area contributed by atoms with Gasteiger partial charge in [0.15, 0.2) is 0 Å². The first-order valence-electron chi connectivity index (χ1n) is 4.77. The Morgan fingerprint density at radius 1 is 1.38 bits per heavy atom. The largest absolute Gasteiger partial charge is 0.390 e. The van der Waals surface area contributed by atoms with Crippen molar-refractivity contribution in [2.24, 2.45) is 0 Å². The maximum atomic E-state index is 10.6. The summed E-state index contributed by atoms with van der Waals surface area (Å²) < 4.78 is 0. The Bertz CT molecular complexity index is 368. The molecule has 88 valence electrons. The quantitative estimate of drug-likeness (QED) is 0.632. The molecular formula is C11H12Cl2O3. The maximum absolute atomic E-state index is 10.6. The van der Waals surface area contributed by atoms with Crippen molar-refractivity contribution >= 4 is 29.5 Å². The van der Waals surface area contributed by atoms with Gasteiger partial charge in [0.05, 0.1) is 6.10 Å². The van der Waals surface area contributed by atoms with E-state index >= 15 is 0 Å². The van der Waals surface area contributed by atoms with E-state index in [-0.39, 0.29) is 12.3 Å². The molecule has 0 aliphatic rings. The number of aldehydes is 1. The Labute approximate surface area is 104 Å². The lowest BCUT2D eigenvalue weighted by Gasteiger charge is -2.18. The number of benzene rings is 1. The zero-order valence-electron chi connectivity index (χ0n) is 8.44. The molecule has 2 unspecified atom stereocenters. The van der Waals surface area contributed by atoms with Gasteiger partial charge >= 0.3 is 0 Å². The second-order valence-corrected chi connectivity index (χ2v) is 4.17. The molecule has 0 fully saturated rings. The molecule has 0 amide bonds. The lowest BCUT2D eigenvalue weighted by Crippen LogP contribution is -2.19. The number of halogens is 2. The highest BCUT2D eigenvalue weighted by Crippen LogP contribution is 2.27. The van der Waals surface area contributed by atoms with Crippen LogP contribution in [0.3, 0.4) is 0 Å². The molecule has 0 spiro atoms. The molecule has 0 aliphatic heterocycles. The number of alkyl halides is 1. The Morgan fingerprint density at radius 3 is 2.62 bits per heavy atom. The first-order chi connectivity index (χ1) is 7.60. The summed E-state index contributed by atoms with van der Waals surface area (Å²) in [7, 11) is 0. The summed E-state index contributed by atoms with van der Waals surface area (Å²) in [5, 5.41) is 19.7. The van der Waals surface area contributed by atoms with Gasteiger partial charge in [-0.1, -0.05) is 17.7 Å². The van der Waals surface area contributed by atoms with Gasteiger partial charge in [-0.3, -0.25) is 4.79 Å². The van der Waals surface area contributed by atoms with Gasteiger partial charge < -0.3 is 10.2 Å². The normalized spacial score (nSPS) is 14.5. The van der Waals surface area contributed by atoms with Crippen LogP contribution in [0.15, 0.2) is 18.2 Å². The summed E-state index contributed by atoms with van der Waals surface area (Å²) in [4.78, 5) is 10.6. The molecule has 1 rings (SSSR count). The third-order valence-electron chi connectivity index (χ3n) is 2.24. The molecule has 16 heavy (non-hydrogen) atoms. The summed E-state index contributed by atoms with van der Waals surface area (Å²) >= 11 is 11.3. The number of aliphatic hydroxyl groups is 2. The van der Waals surface area contributed by atoms with Crippen molar-refractivity contribution in [2.75, 3.05) is 5.88 Å². The van der Waals surface area contributed by atoms with Crippen LogP contribution in [0.2, 0.25) is 5.02 Å². The molecule has 0 heterocycles. The minimum Gasteiger partial charge on any atom is -0.390 e. The van der Waals surface area contributed by atoms with Crippen molar-refractivity contribution in [1.82, 2.24) is 0 Å². The van der Waals surface area contributed by atoms with E-state index < -0.39 is 12.2 Å². The molecule has 0 aromatic heterocycles. The molecular weight excluding hydrogens is 251 g/mol. The van der Waals surface area contributed by atoms with Gasteiger partial charge in [-0.2, -0.15) is 0 Å². The van der Waals surface area contributed by atoms with Crippen molar-refractivity contribution < 1.29 is 15.0 Å². The third-order valence-corrected chi connectivity index (χ3v) is 2.81. The van der Waals surface area contributed by atoms with Crippen molar-refractivity contribution in [1.29, 1.82) is 0 Å². The zero-order valence-corrected chi connectivity index (χ0v) is 9.95. The van der Waals surface area contributed by atoms with Crippen molar-refractivity contribution in [3.05, 3.63) is 34.3 Å². The molecule has 0 radical (unpaired) electrons. The van der Waals surface area contributed by atoms with Crippen molar-refractivity contribution in [2.45, 2.75) is 18.6 Å². The van der Waals surface area contributed by atoms with Crippen LogP contribution in [-0.4, -0.2) is 28.5 Å². The molecule has 1 aromatic carbocycles. The highest BCUT2D eigenvalue weighted by atomic mass is 35.5. The van der Waals surface area contributed by atoms with Gasteiger partial charge in [0.2, 0.25) is 0 Å². The van der Waals surface area contributed by atoms with Crippen LogP contribution in [0.4, 0.5) is 0 Å². The number of hydrogen-bond donors (Lipinski definition) is 2. The molecule has 1 aromatic rings. The standard InChI is InChI=1S/C11H12Cl2O3/c12-4-3-10(15)11(16)8-5-7(6-14)1-2-9(8)13/h1-2,5-6,10-11,15-16H,3-4H2. The van der Waals surface area contributed by atoms with E-state index in [0.717, 1.165) is 0 Å². The SMILES string of the molecule is O=Cc1ccc(Cl)c(C(O)C(O)CCCl)c1. The van der Waals surface area contributed by atoms with Gasteiger partial charge in [-0.05, 0) is 18.6 Å². The molecule has 2 atom stereocenters. The number of carbonyl (C=O) groups is 1. The zero-order chi connectivity index (χ0) is 12.1. The Kier molecular flexibility index (Phi) is 5.22. The highest BCUT2D eigenvalue weighted by Gasteiger charge is 2.20. The average Bonchev–Trinajstić information content (AvgIpc) is 2.29. The monoisotopic (exact) mass is 262 g/mol. The summed E-state index contributed by atoms with van der Waals surface area (Å²) in [6.45, 7) is 0. The molecule has 5 heteroatoms. The van der Waals surface area contributed by atoms with Gasteiger partial charge in [-0.15, -0.1) is 11.6 Å². The number of carbonyl (C=O) groups excluding carboxylic acids is 1. The number of aliphatic hydroxyl groups excluding tert-OH is 2. The molecule has 0 aliphatic carbocycles. The Balaban J connectivity index is 2.97. The second kappa shape index (κ2) is 6.21. The fourth-order valence-corrected chi connectivity index (χ4v) is 1.79. The average molecular weight is 263 g/mol. The molecule has 3 nitrogen and oxygen atoms in total. The van der Waals surface area contributed by atoms with Crippen LogP contribution >= 0.6 is 23.2 Å². The van der Waals surface area contributed by atoms with Crippen molar-refractivity contribution in [3.63, 3.8) is 0 Å². The Morgan fingerprint density at radius 2 is 2.06 bits per heavy atom. The summed E-state index contributed by atoms with van der Waals surface area (Å²) in [6, 6.07) is 4.51. The van der Waals surface area contributed by atoms with Gasteiger partial charge in [0, 0.05) is 22.0 Å². The minimum atomic E-state index is -1.13. The summed E-state index contributed by atoms with van der Waals surface area (Å²) in [6.07, 6.45) is -1.21. The first kappa shape index (κ1) is 13.5. The smallest absolute Gasteiger partial charge is 0.150 e. The van der Waals surface area contributed by atoms with E-state index in [1.807, 2.05) is 0 Å². The summed E-state index contributed by atoms with van der Waals surface area (Å²) in [5.74, 6) is 0.239. The van der Waals surface area contributed by atoms with Crippen LogP contribution in [0.25, 0.3) is 0 Å². The maximum Gasteiger partial charge on any atom is 0.150 e. The van der Waals surface area contributed by atoms with Crippen LogP contribution in [0, 0.1) is 0 Å². The minimum absolute atomic E-state index is 0.239. The van der Waals surface area contributed by atoms with E-state index in [1.54, 1.807) is 6.07 Å². The predicted molar refractivity (Wildman–Crippen MR) is 63.1 cm³/mol. The lowest BCUT2D eigenvalue weighted by atomic mass is 10.0. The molecule has 0 saturated heterocycles. The first-order valence-corrected chi connectivity index (χ1v) is 5.68. The number of hydrogen-bond acceptors (Lipinski definition) is 3. The van der Waals surface area contributed by atoms with Crippen LogP contribution < -0.4 is 0 Å². The van der Waals surface area contributed by atoms with Crippen LogP contribution in [0.1, 0.15) is 28.4 Å². The fraction of sp³-hybridized carbons (Fsp3) is 0.364. The van der Waals surface area contributed by atoms with Crippen LogP contribution in [0.5, 0.6) is 0 Å². The van der Waals surface area contributed by atoms with E-state index in [4.69, 9.17) is 23.2 Å². The topological polar surface area (TPSA) is 57.5 Å². The van der Waals surface area contributed by atoms with E-state index in [0.29, 0.717) is 22.4 Å². The molecule has 0 bridgehead atoms. The van der Waals surface area contributed by atoms with Gasteiger partial charge in [-0.25, -0.2) is 0 Å². The summed E-state index contributed by atoms with van der Waals surface area (Å²) in [5.41, 5.74) is 0.736. The van der Waals surface area contributed by atoms with E-state index in [1.165, 1.54) is 12.1 Å². The van der Waals surface area contributed by atoms with Gasteiger partial charge in [0.1, 0.15) is 12.4 Å². The van der Waals surface area contributed by atoms with Crippen LogP contribution in [-0.2, 0) is 0 Å². The highest BCUT2D eigenvalue weighted by molar-refractivity contribution is 6.31. The number of rotatable bonds is 5. The predicted octanol–water partition coefficient (Wildman–Crippen LogP) is 2.18. The van der Waals surface area contributed by atoms with E-state index in [2.05, 4.69) is 0 Å². The van der Waals surface area contributed by atoms with Crippen molar-refractivity contribution in [3.8, 4) is 0 Å². The van der Waals surface area contributed by atoms with E-state index in [9.17, 15) is 15.0 Å². The molecule has 0 saturated carbocycles. The lowest BCUT2D eigenvalue weighted by molar-refractivity contribution is 0.0170. The second-order valence-electron chi connectivity index (χ2n) is 3.39.